The molecule has 1 fully saturated rings. The van der Waals surface area contributed by atoms with Gasteiger partial charge in [0, 0.05) is 18.3 Å². The minimum Gasteiger partial charge on any atom is -0.399 e. The van der Waals surface area contributed by atoms with Gasteiger partial charge in [-0.25, -0.2) is 0 Å². The van der Waals surface area contributed by atoms with Crippen LogP contribution in [0.5, 0.6) is 0 Å². The number of nitrogen functional groups attached to an aromatic ring is 1. The number of hydrogen-bond donors (Lipinski definition) is 2. The summed E-state index contributed by atoms with van der Waals surface area (Å²) in [7, 11) is -0.383. The molecular formula is C19H24BN3O4. The summed E-state index contributed by atoms with van der Waals surface area (Å²) in [5.74, 6) is 0. The molecule has 3 N–H and O–H groups in total. The molecular weight excluding hydrogens is 345 g/mol. The minimum absolute atomic E-state index is 0.0904. The van der Waals surface area contributed by atoms with E-state index in [1.165, 1.54) is 6.07 Å². The quantitative estimate of drug-likeness (QED) is 0.364. The van der Waals surface area contributed by atoms with Crippen LogP contribution in [0.4, 0.5) is 17.1 Å². The molecule has 3 rings (SSSR count). The van der Waals surface area contributed by atoms with Crippen LogP contribution in [0.25, 0.3) is 0 Å². The van der Waals surface area contributed by atoms with Gasteiger partial charge in [0.15, 0.2) is 0 Å². The zero-order valence-electron chi connectivity index (χ0n) is 16.0. The van der Waals surface area contributed by atoms with Crippen LogP contribution in [0.1, 0.15) is 33.3 Å². The third-order valence-corrected chi connectivity index (χ3v) is 5.23. The number of nitrogens with two attached hydrogens (primary N) is 1. The highest BCUT2D eigenvalue weighted by molar-refractivity contribution is 6.62. The van der Waals surface area contributed by atoms with Gasteiger partial charge in [-0.1, -0.05) is 24.3 Å². The molecule has 2 aromatic carbocycles. The SMILES string of the molecule is CC1(C)OB(c2ccc(CNc3ccc([N+](=O)[O-])c(N)c3)cc2)OC1(C)C. The van der Waals surface area contributed by atoms with Crippen molar-refractivity contribution in [2.24, 2.45) is 0 Å². The first-order valence-electron chi connectivity index (χ1n) is 8.81. The molecule has 1 heterocycles. The van der Waals surface area contributed by atoms with Crippen molar-refractivity contribution in [2.45, 2.75) is 45.4 Å². The van der Waals surface area contributed by atoms with Crippen molar-refractivity contribution in [3.8, 4) is 0 Å². The molecule has 2 aromatic rings. The number of hydrogen-bond acceptors (Lipinski definition) is 6. The van der Waals surface area contributed by atoms with E-state index in [9.17, 15) is 10.1 Å². The van der Waals surface area contributed by atoms with Gasteiger partial charge < -0.3 is 20.4 Å². The van der Waals surface area contributed by atoms with Crippen LogP contribution in [0, 0.1) is 10.1 Å². The van der Waals surface area contributed by atoms with E-state index in [4.69, 9.17) is 15.0 Å². The summed E-state index contributed by atoms with van der Waals surface area (Å²) in [4.78, 5) is 10.3. The molecule has 0 atom stereocenters. The number of nitro benzene ring substituents is 1. The van der Waals surface area contributed by atoms with Crippen LogP contribution in [-0.2, 0) is 15.9 Å². The Bertz CT molecular complexity index is 837. The van der Waals surface area contributed by atoms with Crippen molar-refractivity contribution in [3.05, 3.63) is 58.1 Å². The van der Waals surface area contributed by atoms with Crippen molar-refractivity contribution in [1.29, 1.82) is 0 Å². The largest absolute Gasteiger partial charge is 0.494 e. The number of nitrogens with one attached hydrogen (secondary N) is 1. The highest BCUT2D eigenvalue weighted by atomic mass is 16.7. The standard InChI is InChI=1S/C19H24BN3O4/c1-18(2)19(3,4)27-20(26-18)14-7-5-13(6-8-14)12-22-15-9-10-17(23(24)25)16(21)11-15/h5-11,22H,12,21H2,1-4H3. The summed E-state index contributed by atoms with van der Waals surface area (Å²) in [5, 5.41) is 14.0. The lowest BCUT2D eigenvalue weighted by Crippen LogP contribution is -2.41. The maximum absolute atomic E-state index is 10.8. The fourth-order valence-corrected chi connectivity index (χ4v) is 2.81. The van der Waals surface area contributed by atoms with Gasteiger partial charge >= 0.3 is 7.12 Å². The van der Waals surface area contributed by atoms with E-state index in [1.807, 2.05) is 52.0 Å². The van der Waals surface area contributed by atoms with Gasteiger partial charge in [0.25, 0.3) is 5.69 Å². The van der Waals surface area contributed by atoms with Crippen LogP contribution in [-0.4, -0.2) is 23.2 Å². The van der Waals surface area contributed by atoms with Crippen molar-refractivity contribution in [1.82, 2.24) is 0 Å². The van der Waals surface area contributed by atoms with E-state index in [0.717, 1.165) is 16.7 Å². The Morgan fingerprint density at radius 3 is 2.19 bits per heavy atom. The predicted octanol–water partition coefficient (Wildman–Crippen LogP) is 3.09. The van der Waals surface area contributed by atoms with Gasteiger partial charge in [-0.05, 0) is 50.9 Å². The van der Waals surface area contributed by atoms with Gasteiger partial charge in [-0.15, -0.1) is 0 Å². The topological polar surface area (TPSA) is 99.6 Å². The summed E-state index contributed by atoms with van der Waals surface area (Å²) >= 11 is 0. The summed E-state index contributed by atoms with van der Waals surface area (Å²) in [6.45, 7) is 8.69. The lowest BCUT2D eigenvalue weighted by atomic mass is 9.79. The van der Waals surface area contributed by atoms with Crippen molar-refractivity contribution in [3.63, 3.8) is 0 Å². The van der Waals surface area contributed by atoms with Crippen LogP contribution >= 0.6 is 0 Å². The summed E-state index contributed by atoms with van der Waals surface area (Å²) in [6.07, 6.45) is 0. The molecule has 0 aliphatic carbocycles. The summed E-state index contributed by atoms with van der Waals surface area (Å²) < 4.78 is 12.1. The normalized spacial score (nSPS) is 17.7. The fourth-order valence-electron chi connectivity index (χ4n) is 2.81. The predicted molar refractivity (Wildman–Crippen MR) is 107 cm³/mol. The number of anilines is 2. The Kier molecular flexibility index (Phi) is 4.88. The Balaban J connectivity index is 1.63. The van der Waals surface area contributed by atoms with Gasteiger partial charge in [-0.2, -0.15) is 0 Å². The Labute approximate surface area is 159 Å². The molecule has 0 bridgehead atoms. The van der Waals surface area contributed by atoms with Crippen molar-refractivity contribution < 1.29 is 14.2 Å². The Morgan fingerprint density at radius 1 is 1.07 bits per heavy atom. The smallest absolute Gasteiger partial charge is 0.399 e. The molecule has 0 spiro atoms. The molecule has 142 valence electrons. The highest BCUT2D eigenvalue weighted by Gasteiger charge is 2.51. The van der Waals surface area contributed by atoms with Gasteiger partial charge in [0.2, 0.25) is 0 Å². The van der Waals surface area contributed by atoms with E-state index < -0.39 is 4.92 Å². The average molecular weight is 369 g/mol. The lowest BCUT2D eigenvalue weighted by Gasteiger charge is -2.32. The maximum Gasteiger partial charge on any atom is 0.494 e. The van der Waals surface area contributed by atoms with Gasteiger partial charge in [0.1, 0.15) is 5.69 Å². The maximum atomic E-state index is 10.8. The third-order valence-electron chi connectivity index (χ3n) is 5.23. The first-order chi connectivity index (χ1) is 12.6. The van der Waals surface area contributed by atoms with Crippen molar-refractivity contribution >= 4 is 29.6 Å². The van der Waals surface area contributed by atoms with E-state index in [2.05, 4.69) is 5.32 Å². The summed E-state index contributed by atoms with van der Waals surface area (Å²) in [6, 6.07) is 12.6. The second kappa shape index (κ2) is 6.86. The van der Waals surface area contributed by atoms with Crippen LogP contribution < -0.4 is 16.5 Å². The average Bonchev–Trinajstić information content (AvgIpc) is 2.81. The van der Waals surface area contributed by atoms with Crippen molar-refractivity contribution in [2.75, 3.05) is 11.1 Å². The van der Waals surface area contributed by atoms with Gasteiger partial charge in [-0.3, -0.25) is 10.1 Å². The fraction of sp³-hybridized carbons (Fsp3) is 0.368. The summed E-state index contributed by atoms with van der Waals surface area (Å²) in [5.41, 5.74) is 7.79. The molecule has 8 heteroatoms. The third kappa shape index (κ3) is 3.91. The molecule has 7 nitrogen and oxygen atoms in total. The number of nitro groups is 1. The number of nitrogens with zero attached hydrogens (tertiary/aromatic N) is 1. The Morgan fingerprint density at radius 2 is 1.67 bits per heavy atom. The van der Waals surface area contributed by atoms with Gasteiger partial charge in [0.05, 0.1) is 16.1 Å². The Hall–Kier alpha value is -2.58. The highest BCUT2D eigenvalue weighted by Crippen LogP contribution is 2.36. The number of benzene rings is 2. The molecule has 0 amide bonds. The molecule has 0 saturated carbocycles. The first kappa shape index (κ1) is 19.2. The zero-order valence-corrected chi connectivity index (χ0v) is 16.0. The van der Waals surface area contributed by atoms with Crippen LogP contribution in [0.2, 0.25) is 0 Å². The molecule has 0 unspecified atom stereocenters. The minimum atomic E-state index is -0.492. The van der Waals surface area contributed by atoms with E-state index in [1.54, 1.807) is 12.1 Å². The molecule has 27 heavy (non-hydrogen) atoms. The van der Waals surface area contributed by atoms with E-state index >= 15 is 0 Å². The number of rotatable bonds is 5. The van der Waals surface area contributed by atoms with Crippen LogP contribution in [0.3, 0.4) is 0 Å². The second-order valence-electron chi connectivity index (χ2n) is 7.71. The molecule has 0 aromatic heterocycles. The molecule has 1 aliphatic rings. The monoisotopic (exact) mass is 369 g/mol. The molecule has 1 saturated heterocycles. The first-order valence-corrected chi connectivity index (χ1v) is 8.81. The lowest BCUT2D eigenvalue weighted by molar-refractivity contribution is -0.383. The zero-order chi connectivity index (χ0) is 19.8. The van der Waals surface area contributed by atoms with Crippen LogP contribution in [0.15, 0.2) is 42.5 Å². The van der Waals surface area contributed by atoms with E-state index in [0.29, 0.717) is 6.54 Å². The van der Waals surface area contributed by atoms with E-state index in [-0.39, 0.29) is 29.7 Å². The second-order valence-corrected chi connectivity index (χ2v) is 7.71. The molecule has 1 aliphatic heterocycles. The molecule has 0 radical (unpaired) electrons.